The Morgan fingerprint density at radius 3 is 2.15 bits per heavy atom. The van der Waals surface area contributed by atoms with E-state index in [-0.39, 0.29) is 18.1 Å². The molecule has 26 heavy (non-hydrogen) atoms. The van der Waals surface area contributed by atoms with E-state index in [9.17, 15) is 4.79 Å². The first kappa shape index (κ1) is 19.0. The first-order chi connectivity index (χ1) is 12.6. The van der Waals surface area contributed by atoms with Crippen LogP contribution in [0, 0.1) is 0 Å². The number of methoxy groups -OCH3 is 1. The van der Waals surface area contributed by atoms with Gasteiger partial charge in [-0.3, -0.25) is 9.69 Å². The Labute approximate surface area is 156 Å². The summed E-state index contributed by atoms with van der Waals surface area (Å²) in [7, 11) is 3.79. The van der Waals surface area contributed by atoms with Gasteiger partial charge in [-0.05, 0) is 38.2 Å². The van der Waals surface area contributed by atoms with Crippen LogP contribution >= 0.6 is 0 Å². The van der Waals surface area contributed by atoms with E-state index in [1.54, 1.807) is 7.11 Å². The highest BCUT2D eigenvalue weighted by atomic mass is 16.5. The zero-order valence-electron chi connectivity index (χ0n) is 16.2. The number of carbonyl (C=O) groups excluding carboxylic acids is 1. The first-order valence-electron chi connectivity index (χ1n) is 9.59. The average molecular weight is 361 g/mol. The highest BCUT2D eigenvalue weighted by molar-refractivity contribution is 5.81. The zero-order valence-corrected chi connectivity index (χ0v) is 16.2. The third-order valence-electron chi connectivity index (χ3n) is 5.56. The van der Waals surface area contributed by atoms with Gasteiger partial charge in [-0.1, -0.05) is 0 Å². The Kier molecular flexibility index (Phi) is 6.38. The molecule has 0 unspecified atom stereocenters. The van der Waals surface area contributed by atoms with Crippen LogP contribution in [-0.4, -0.2) is 86.2 Å². The van der Waals surface area contributed by atoms with Crippen LogP contribution < -0.4 is 9.47 Å². The van der Waals surface area contributed by atoms with Gasteiger partial charge in [0, 0.05) is 52.1 Å². The quantitative estimate of drug-likeness (QED) is 0.799. The summed E-state index contributed by atoms with van der Waals surface area (Å²) in [6.07, 6.45) is 1.94. The molecule has 2 heterocycles. The fraction of sp³-hybridized carbons (Fsp3) is 0.650. The Balaban J connectivity index is 1.45. The third-order valence-corrected chi connectivity index (χ3v) is 5.56. The number of amides is 1. The summed E-state index contributed by atoms with van der Waals surface area (Å²) >= 11 is 0. The molecule has 0 aromatic heterocycles. The number of ether oxygens (including phenoxy) is 2. The van der Waals surface area contributed by atoms with Gasteiger partial charge < -0.3 is 19.3 Å². The van der Waals surface area contributed by atoms with Crippen molar-refractivity contribution in [3.8, 4) is 11.5 Å². The molecule has 0 spiro atoms. The van der Waals surface area contributed by atoms with E-state index >= 15 is 0 Å². The summed E-state index contributed by atoms with van der Waals surface area (Å²) in [5, 5.41) is 0. The van der Waals surface area contributed by atoms with Crippen LogP contribution in [0.25, 0.3) is 0 Å². The maximum absolute atomic E-state index is 12.8. The van der Waals surface area contributed by atoms with Crippen molar-refractivity contribution in [2.75, 3.05) is 53.4 Å². The smallest absolute Gasteiger partial charge is 0.239 e. The molecular weight excluding hydrogens is 330 g/mol. The molecule has 2 saturated heterocycles. The van der Waals surface area contributed by atoms with Gasteiger partial charge in [0.15, 0.2) is 0 Å². The SMILES string of the molecule is COc1ccc(OC2CCN(C(=O)[C@@H](C)N3CCN(C)CC3)CC2)cc1. The molecule has 0 aliphatic carbocycles. The number of hydrogen-bond donors (Lipinski definition) is 0. The number of likely N-dealkylation sites (tertiary alicyclic amines) is 1. The van der Waals surface area contributed by atoms with Crippen molar-refractivity contribution in [1.82, 2.24) is 14.7 Å². The molecule has 3 rings (SSSR count). The maximum Gasteiger partial charge on any atom is 0.239 e. The molecule has 0 N–H and O–H groups in total. The molecule has 0 saturated carbocycles. The normalized spacial score (nSPS) is 21.4. The fourth-order valence-corrected chi connectivity index (χ4v) is 3.67. The van der Waals surface area contributed by atoms with Crippen LogP contribution in [0.2, 0.25) is 0 Å². The Hall–Kier alpha value is -1.79. The van der Waals surface area contributed by atoms with Crippen LogP contribution in [0.1, 0.15) is 19.8 Å². The molecule has 2 fully saturated rings. The molecular formula is C20H31N3O3. The van der Waals surface area contributed by atoms with Gasteiger partial charge in [-0.25, -0.2) is 0 Å². The zero-order chi connectivity index (χ0) is 18.5. The second-order valence-electron chi connectivity index (χ2n) is 7.33. The molecule has 6 nitrogen and oxygen atoms in total. The van der Waals surface area contributed by atoms with Gasteiger partial charge in [0.2, 0.25) is 5.91 Å². The minimum Gasteiger partial charge on any atom is -0.497 e. The second-order valence-corrected chi connectivity index (χ2v) is 7.33. The van der Waals surface area contributed by atoms with E-state index in [0.717, 1.165) is 63.6 Å². The van der Waals surface area contributed by atoms with Gasteiger partial charge in [0.25, 0.3) is 0 Å². The summed E-state index contributed by atoms with van der Waals surface area (Å²) in [6.45, 7) is 7.62. The number of piperazine rings is 1. The van der Waals surface area contributed by atoms with Gasteiger partial charge in [-0.2, -0.15) is 0 Å². The predicted molar refractivity (Wildman–Crippen MR) is 102 cm³/mol. The number of likely N-dealkylation sites (N-methyl/N-ethyl adjacent to an activating group) is 1. The number of nitrogens with zero attached hydrogens (tertiary/aromatic N) is 3. The van der Waals surface area contributed by atoms with E-state index in [2.05, 4.69) is 16.8 Å². The number of hydrogen-bond acceptors (Lipinski definition) is 5. The summed E-state index contributed by atoms with van der Waals surface area (Å²) < 4.78 is 11.2. The van der Waals surface area contributed by atoms with Crippen LogP contribution in [0.3, 0.4) is 0 Å². The van der Waals surface area contributed by atoms with Gasteiger partial charge in [-0.15, -0.1) is 0 Å². The van der Waals surface area contributed by atoms with E-state index < -0.39 is 0 Å². The lowest BCUT2D eigenvalue weighted by molar-refractivity contribution is -0.138. The molecule has 2 aliphatic heterocycles. The largest absolute Gasteiger partial charge is 0.497 e. The van der Waals surface area contributed by atoms with E-state index in [0.29, 0.717) is 0 Å². The highest BCUT2D eigenvalue weighted by Gasteiger charge is 2.30. The van der Waals surface area contributed by atoms with E-state index in [1.165, 1.54) is 0 Å². The van der Waals surface area contributed by atoms with Crippen LogP contribution in [-0.2, 0) is 4.79 Å². The summed E-state index contributed by atoms with van der Waals surface area (Å²) in [5.41, 5.74) is 0. The lowest BCUT2D eigenvalue weighted by Gasteiger charge is -2.39. The number of carbonyl (C=O) groups is 1. The molecule has 2 aliphatic rings. The van der Waals surface area contributed by atoms with Crippen LogP contribution in [0.5, 0.6) is 11.5 Å². The Morgan fingerprint density at radius 2 is 1.58 bits per heavy atom. The summed E-state index contributed by atoms with van der Waals surface area (Å²) in [6, 6.07) is 7.66. The molecule has 6 heteroatoms. The van der Waals surface area contributed by atoms with Crippen molar-refractivity contribution in [3.63, 3.8) is 0 Å². The topological polar surface area (TPSA) is 45.3 Å². The lowest BCUT2D eigenvalue weighted by Crippen LogP contribution is -2.55. The van der Waals surface area contributed by atoms with Crippen molar-refractivity contribution >= 4 is 5.91 Å². The van der Waals surface area contributed by atoms with E-state index in [1.807, 2.05) is 36.1 Å². The number of rotatable bonds is 5. The monoisotopic (exact) mass is 361 g/mol. The van der Waals surface area contributed by atoms with Gasteiger partial charge >= 0.3 is 0 Å². The molecule has 1 amide bonds. The summed E-state index contributed by atoms with van der Waals surface area (Å²) in [5.74, 6) is 1.95. The average Bonchev–Trinajstić information content (AvgIpc) is 2.69. The standard InChI is InChI=1S/C20H31N3O3/c1-16(22-14-12-21(2)13-15-22)20(24)23-10-8-19(9-11-23)26-18-6-4-17(25-3)5-7-18/h4-7,16,19H,8-15H2,1-3H3/t16-/m1/s1. The summed E-state index contributed by atoms with van der Waals surface area (Å²) in [4.78, 5) is 19.5. The predicted octanol–water partition coefficient (Wildman–Crippen LogP) is 1.70. The van der Waals surface area contributed by atoms with E-state index in [4.69, 9.17) is 9.47 Å². The minimum atomic E-state index is -0.0252. The maximum atomic E-state index is 12.8. The number of benzene rings is 1. The Morgan fingerprint density at radius 1 is 1.00 bits per heavy atom. The second kappa shape index (κ2) is 8.73. The van der Waals surface area contributed by atoms with Crippen molar-refractivity contribution in [1.29, 1.82) is 0 Å². The lowest BCUT2D eigenvalue weighted by atomic mass is 10.1. The third kappa shape index (κ3) is 4.68. The first-order valence-corrected chi connectivity index (χ1v) is 9.59. The van der Waals surface area contributed by atoms with Gasteiger partial charge in [0.1, 0.15) is 17.6 Å². The fourth-order valence-electron chi connectivity index (χ4n) is 3.67. The number of piperidine rings is 1. The van der Waals surface area contributed by atoms with Crippen molar-refractivity contribution in [2.24, 2.45) is 0 Å². The van der Waals surface area contributed by atoms with Crippen molar-refractivity contribution in [2.45, 2.75) is 31.9 Å². The van der Waals surface area contributed by atoms with Crippen LogP contribution in [0.4, 0.5) is 0 Å². The molecule has 1 aromatic rings. The Bertz CT molecular complexity index is 576. The van der Waals surface area contributed by atoms with Gasteiger partial charge in [0.05, 0.1) is 13.2 Å². The van der Waals surface area contributed by atoms with Crippen LogP contribution in [0.15, 0.2) is 24.3 Å². The molecule has 0 bridgehead atoms. The minimum absolute atomic E-state index is 0.0252. The molecule has 144 valence electrons. The highest BCUT2D eigenvalue weighted by Crippen LogP contribution is 2.22. The van der Waals surface area contributed by atoms with Crippen molar-refractivity contribution < 1.29 is 14.3 Å². The molecule has 1 atom stereocenters. The molecule has 1 aromatic carbocycles. The molecule has 0 radical (unpaired) electrons. The van der Waals surface area contributed by atoms with Crippen molar-refractivity contribution in [3.05, 3.63) is 24.3 Å².